The van der Waals surface area contributed by atoms with E-state index in [1.807, 2.05) is 49.1 Å². The van der Waals surface area contributed by atoms with Gasteiger partial charge in [0.25, 0.3) is 0 Å². The molecule has 1 saturated heterocycles. The first-order valence-electron chi connectivity index (χ1n) is 8.49. The fraction of sp³-hybridized carbons (Fsp3) is 0.421. The standard InChI is InChI=1S/C19H23N3O2/c1-13(2)19(24)22-11-8-14(9-12-22)18(23)21-17-7-3-6-16-15(17)5-4-10-20-16/h3-7,10,13-14H,8-9,11-12H2,1-2H3,(H,21,23). The lowest BCUT2D eigenvalue weighted by Gasteiger charge is -2.32. The second kappa shape index (κ2) is 6.99. The van der Waals surface area contributed by atoms with Crippen molar-refractivity contribution in [2.24, 2.45) is 11.8 Å². The maximum absolute atomic E-state index is 12.6. The molecule has 1 aliphatic rings. The number of fused-ring (bicyclic) bond motifs is 1. The molecule has 0 aliphatic carbocycles. The van der Waals surface area contributed by atoms with E-state index in [9.17, 15) is 9.59 Å². The maximum Gasteiger partial charge on any atom is 0.227 e. The Kier molecular flexibility index (Phi) is 4.79. The zero-order valence-corrected chi connectivity index (χ0v) is 14.2. The highest BCUT2D eigenvalue weighted by Gasteiger charge is 2.28. The molecule has 0 saturated carbocycles. The number of amides is 2. The summed E-state index contributed by atoms with van der Waals surface area (Å²) in [7, 11) is 0. The molecule has 1 aromatic heterocycles. The lowest BCUT2D eigenvalue weighted by atomic mass is 9.95. The van der Waals surface area contributed by atoms with E-state index in [1.165, 1.54) is 0 Å². The minimum atomic E-state index is -0.0480. The third-order valence-corrected chi connectivity index (χ3v) is 4.57. The van der Waals surface area contributed by atoms with Crippen molar-refractivity contribution >= 4 is 28.4 Å². The smallest absolute Gasteiger partial charge is 0.227 e. The Hall–Kier alpha value is -2.43. The van der Waals surface area contributed by atoms with Crippen molar-refractivity contribution in [3.05, 3.63) is 36.5 Å². The van der Waals surface area contributed by atoms with Crippen LogP contribution in [0.25, 0.3) is 10.9 Å². The van der Waals surface area contributed by atoms with Gasteiger partial charge in [0.1, 0.15) is 0 Å². The average Bonchev–Trinajstić information content (AvgIpc) is 2.61. The third-order valence-electron chi connectivity index (χ3n) is 4.57. The monoisotopic (exact) mass is 325 g/mol. The number of pyridine rings is 1. The Labute approximate surface area is 142 Å². The number of likely N-dealkylation sites (tertiary alicyclic amines) is 1. The molecule has 0 atom stereocenters. The summed E-state index contributed by atoms with van der Waals surface area (Å²) in [5, 5.41) is 3.98. The molecular formula is C19H23N3O2. The van der Waals surface area contributed by atoms with Gasteiger partial charge in [0, 0.05) is 36.5 Å². The number of piperidine rings is 1. The molecule has 24 heavy (non-hydrogen) atoms. The van der Waals surface area contributed by atoms with Crippen LogP contribution >= 0.6 is 0 Å². The van der Waals surface area contributed by atoms with Crippen LogP contribution in [0.1, 0.15) is 26.7 Å². The van der Waals surface area contributed by atoms with Crippen molar-refractivity contribution in [2.45, 2.75) is 26.7 Å². The molecule has 0 radical (unpaired) electrons. The van der Waals surface area contributed by atoms with Crippen LogP contribution in [-0.2, 0) is 9.59 Å². The topological polar surface area (TPSA) is 62.3 Å². The Bertz CT molecular complexity index is 744. The molecule has 1 fully saturated rings. The van der Waals surface area contributed by atoms with Crippen LogP contribution in [0, 0.1) is 11.8 Å². The van der Waals surface area contributed by atoms with E-state index in [2.05, 4.69) is 10.3 Å². The highest BCUT2D eigenvalue weighted by molar-refractivity contribution is 6.01. The average molecular weight is 325 g/mol. The van der Waals surface area contributed by atoms with Crippen molar-refractivity contribution in [2.75, 3.05) is 18.4 Å². The van der Waals surface area contributed by atoms with E-state index < -0.39 is 0 Å². The summed E-state index contributed by atoms with van der Waals surface area (Å²) < 4.78 is 0. The molecule has 2 aromatic rings. The number of hydrogen-bond acceptors (Lipinski definition) is 3. The second-order valence-corrected chi connectivity index (χ2v) is 6.62. The predicted octanol–water partition coefficient (Wildman–Crippen LogP) is 3.07. The molecule has 1 N–H and O–H groups in total. The van der Waals surface area contributed by atoms with Crippen LogP contribution in [0.4, 0.5) is 5.69 Å². The van der Waals surface area contributed by atoms with Gasteiger partial charge >= 0.3 is 0 Å². The second-order valence-electron chi connectivity index (χ2n) is 6.62. The zero-order chi connectivity index (χ0) is 17.1. The Morgan fingerprint density at radius 2 is 1.92 bits per heavy atom. The van der Waals surface area contributed by atoms with Gasteiger partial charge in [-0.2, -0.15) is 0 Å². The van der Waals surface area contributed by atoms with E-state index in [4.69, 9.17) is 0 Å². The highest BCUT2D eigenvalue weighted by Crippen LogP contribution is 2.24. The lowest BCUT2D eigenvalue weighted by Crippen LogP contribution is -2.43. The number of hydrogen-bond donors (Lipinski definition) is 1. The van der Waals surface area contributed by atoms with Crippen LogP contribution in [0.15, 0.2) is 36.5 Å². The summed E-state index contributed by atoms with van der Waals surface area (Å²) in [6.45, 7) is 5.14. The maximum atomic E-state index is 12.6. The van der Waals surface area contributed by atoms with Crippen LogP contribution in [0.5, 0.6) is 0 Å². The minimum Gasteiger partial charge on any atom is -0.342 e. The molecule has 3 rings (SSSR count). The number of nitrogens with zero attached hydrogens (tertiary/aromatic N) is 2. The van der Waals surface area contributed by atoms with Crippen molar-refractivity contribution < 1.29 is 9.59 Å². The number of anilines is 1. The van der Waals surface area contributed by atoms with Gasteiger partial charge in [-0.15, -0.1) is 0 Å². The van der Waals surface area contributed by atoms with E-state index in [0.29, 0.717) is 25.9 Å². The fourth-order valence-corrected chi connectivity index (χ4v) is 3.17. The quantitative estimate of drug-likeness (QED) is 0.943. The SMILES string of the molecule is CC(C)C(=O)N1CCC(C(=O)Nc2cccc3ncccc23)CC1. The van der Waals surface area contributed by atoms with Gasteiger partial charge in [-0.05, 0) is 37.1 Å². The molecular weight excluding hydrogens is 302 g/mol. The van der Waals surface area contributed by atoms with Gasteiger partial charge in [0.2, 0.25) is 11.8 Å². The number of carbonyl (C=O) groups excluding carboxylic acids is 2. The molecule has 5 heteroatoms. The molecule has 2 heterocycles. The Morgan fingerprint density at radius 1 is 1.17 bits per heavy atom. The molecule has 1 aliphatic heterocycles. The molecule has 0 spiro atoms. The minimum absolute atomic E-state index is 0.0126. The first-order valence-corrected chi connectivity index (χ1v) is 8.49. The number of nitrogens with one attached hydrogen (secondary N) is 1. The summed E-state index contributed by atoms with van der Waals surface area (Å²) in [6, 6.07) is 9.56. The highest BCUT2D eigenvalue weighted by atomic mass is 16.2. The molecule has 126 valence electrons. The largest absolute Gasteiger partial charge is 0.342 e. The summed E-state index contributed by atoms with van der Waals surface area (Å²) >= 11 is 0. The van der Waals surface area contributed by atoms with Crippen LogP contribution in [-0.4, -0.2) is 34.8 Å². The molecule has 1 aromatic carbocycles. The number of benzene rings is 1. The summed E-state index contributed by atoms with van der Waals surface area (Å²) in [4.78, 5) is 30.8. The Balaban J connectivity index is 1.65. The fourth-order valence-electron chi connectivity index (χ4n) is 3.17. The van der Waals surface area contributed by atoms with Crippen LogP contribution in [0.2, 0.25) is 0 Å². The third kappa shape index (κ3) is 3.40. The first-order chi connectivity index (χ1) is 11.6. The van der Waals surface area contributed by atoms with Crippen LogP contribution < -0.4 is 5.32 Å². The van der Waals surface area contributed by atoms with Gasteiger partial charge in [-0.3, -0.25) is 14.6 Å². The summed E-state index contributed by atoms with van der Waals surface area (Å²) in [5.41, 5.74) is 1.67. The normalized spacial score (nSPS) is 15.7. The van der Waals surface area contributed by atoms with E-state index in [0.717, 1.165) is 16.6 Å². The van der Waals surface area contributed by atoms with Gasteiger partial charge in [-0.1, -0.05) is 19.9 Å². The van der Waals surface area contributed by atoms with Gasteiger partial charge < -0.3 is 10.2 Å². The van der Waals surface area contributed by atoms with Crippen LogP contribution in [0.3, 0.4) is 0 Å². The van der Waals surface area contributed by atoms with E-state index in [1.54, 1.807) is 6.20 Å². The predicted molar refractivity (Wildman–Crippen MR) is 94.5 cm³/mol. The zero-order valence-electron chi connectivity index (χ0n) is 14.2. The van der Waals surface area contributed by atoms with Crippen molar-refractivity contribution in [1.82, 2.24) is 9.88 Å². The van der Waals surface area contributed by atoms with Gasteiger partial charge in [-0.25, -0.2) is 0 Å². The summed E-state index contributed by atoms with van der Waals surface area (Å²) in [5.74, 6) is 0.170. The number of carbonyl (C=O) groups is 2. The Morgan fingerprint density at radius 3 is 2.62 bits per heavy atom. The van der Waals surface area contributed by atoms with Crippen molar-refractivity contribution in [1.29, 1.82) is 0 Å². The first kappa shape index (κ1) is 16.4. The molecule has 0 bridgehead atoms. The number of rotatable bonds is 3. The molecule has 2 amide bonds. The molecule has 5 nitrogen and oxygen atoms in total. The summed E-state index contributed by atoms with van der Waals surface area (Å²) in [6.07, 6.45) is 3.18. The van der Waals surface area contributed by atoms with Crippen molar-refractivity contribution in [3.8, 4) is 0 Å². The lowest BCUT2D eigenvalue weighted by molar-refractivity contribution is -0.137. The van der Waals surface area contributed by atoms with Gasteiger partial charge in [0.05, 0.1) is 11.2 Å². The number of aromatic nitrogens is 1. The van der Waals surface area contributed by atoms with Crippen molar-refractivity contribution in [3.63, 3.8) is 0 Å². The van der Waals surface area contributed by atoms with Gasteiger partial charge in [0.15, 0.2) is 0 Å². The molecule has 0 unspecified atom stereocenters. The van der Waals surface area contributed by atoms with E-state index in [-0.39, 0.29) is 23.7 Å². The van der Waals surface area contributed by atoms with E-state index >= 15 is 0 Å².